The van der Waals surface area contributed by atoms with Crippen LogP contribution in [0.25, 0.3) is 0 Å². The second kappa shape index (κ2) is 13.3. The van der Waals surface area contributed by atoms with Gasteiger partial charge in [0, 0.05) is 33.8 Å². The van der Waals surface area contributed by atoms with Crippen LogP contribution in [0.5, 0.6) is 0 Å². The molecule has 0 bridgehead atoms. The number of carbonyl (C=O) groups excluding carboxylic acids is 2. The standard InChI is InChI=1S/C31H35Cl2N3O2/c1-21(2)30(37)34-28-10-6-9-24(19-28)22-11-14-36(15-12-22)16-13-29(23-7-4-3-5-8-23)35-31(38)25-17-26(32)20-27(33)18-25/h3-10,17-22,29H,11-16H2,1-2H3,(H,34,37)(H,35,38). The van der Waals surface area contributed by atoms with Gasteiger partial charge in [-0.05, 0) is 79.7 Å². The minimum absolute atomic E-state index is 0.0375. The molecule has 5 nitrogen and oxygen atoms in total. The first-order chi connectivity index (χ1) is 18.3. The second-order valence-electron chi connectivity index (χ2n) is 10.3. The summed E-state index contributed by atoms with van der Waals surface area (Å²) < 4.78 is 0. The number of nitrogens with zero attached hydrogens (tertiary/aromatic N) is 1. The number of amides is 2. The maximum absolute atomic E-state index is 13.0. The average molecular weight is 553 g/mol. The molecular weight excluding hydrogens is 517 g/mol. The number of carbonyl (C=O) groups is 2. The molecule has 3 aromatic rings. The lowest BCUT2D eigenvalue weighted by atomic mass is 9.89. The molecule has 38 heavy (non-hydrogen) atoms. The summed E-state index contributed by atoms with van der Waals surface area (Å²) in [6.45, 7) is 6.66. The molecule has 2 amide bonds. The monoisotopic (exact) mass is 551 g/mol. The minimum Gasteiger partial charge on any atom is -0.345 e. The number of rotatable bonds is 9. The van der Waals surface area contributed by atoms with Crippen molar-refractivity contribution in [2.45, 2.75) is 45.1 Å². The number of nitrogens with one attached hydrogen (secondary N) is 2. The summed E-state index contributed by atoms with van der Waals surface area (Å²) in [5, 5.41) is 7.08. The fraction of sp³-hybridized carbons (Fsp3) is 0.355. The lowest BCUT2D eigenvalue weighted by Crippen LogP contribution is -2.36. The summed E-state index contributed by atoms with van der Waals surface area (Å²) in [5.41, 5.74) is 3.67. The van der Waals surface area contributed by atoms with Gasteiger partial charge in [0.2, 0.25) is 5.91 Å². The van der Waals surface area contributed by atoms with Gasteiger partial charge in [0.05, 0.1) is 6.04 Å². The molecule has 0 saturated carbocycles. The predicted octanol–water partition coefficient (Wildman–Crippen LogP) is 7.33. The first-order valence-corrected chi connectivity index (χ1v) is 14.0. The molecule has 4 rings (SSSR count). The molecule has 1 heterocycles. The average Bonchev–Trinajstić information content (AvgIpc) is 2.91. The van der Waals surface area contributed by atoms with E-state index in [4.69, 9.17) is 23.2 Å². The highest BCUT2D eigenvalue weighted by atomic mass is 35.5. The third-order valence-electron chi connectivity index (χ3n) is 7.10. The van der Waals surface area contributed by atoms with Crippen LogP contribution in [-0.2, 0) is 4.79 Å². The Kier molecular flexibility index (Phi) is 9.84. The maximum Gasteiger partial charge on any atom is 0.251 e. The fourth-order valence-electron chi connectivity index (χ4n) is 4.89. The van der Waals surface area contributed by atoms with Gasteiger partial charge in [-0.3, -0.25) is 9.59 Å². The van der Waals surface area contributed by atoms with Crippen molar-refractivity contribution in [3.05, 3.63) is 99.5 Å². The number of benzene rings is 3. The topological polar surface area (TPSA) is 61.4 Å². The number of piperidine rings is 1. The van der Waals surface area contributed by atoms with Crippen molar-refractivity contribution in [2.75, 3.05) is 25.0 Å². The Morgan fingerprint density at radius 1 is 0.921 bits per heavy atom. The van der Waals surface area contributed by atoms with Crippen LogP contribution in [0.3, 0.4) is 0 Å². The molecule has 1 aliphatic rings. The Labute approximate surface area is 235 Å². The SMILES string of the molecule is CC(C)C(=O)Nc1cccc(C2CCN(CCC(NC(=O)c3cc(Cl)cc(Cl)c3)c3ccccc3)CC2)c1. The zero-order valence-electron chi connectivity index (χ0n) is 21.9. The van der Waals surface area contributed by atoms with Crippen LogP contribution in [-0.4, -0.2) is 36.3 Å². The molecule has 1 unspecified atom stereocenters. The first kappa shape index (κ1) is 28.2. The van der Waals surface area contributed by atoms with E-state index in [9.17, 15) is 9.59 Å². The van der Waals surface area contributed by atoms with E-state index in [0.717, 1.165) is 50.1 Å². The highest BCUT2D eigenvalue weighted by Crippen LogP contribution is 2.30. The smallest absolute Gasteiger partial charge is 0.251 e. The van der Waals surface area contributed by atoms with Crippen molar-refractivity contribution in [3.8, 4) is 0 Å². The number of likely N-dealkylation sites (tertiary alicyclic amines) is 1. The van der Waals surface area contributed by atoms with Gasteiger partial charge < -0.3 is 15.5 Å². The van der Waals surface area contributed by atoms with Crippen LogP contribution in [0.15, 0.2) is 72.8 Å². The van der Waals surface area contributed by atoms with E-state index in [2.05, 4.69) is 27.7 Å². The van der Waals surface area contributed by atoms with E-state index in [1.54, 1.807) is 18.2 Å². The normalized spacial score (nSPS) is 15.3. The number of halogens is 2. The largest absolute Gasteiger partial charge is 0.345 e. The highest BCUT2D eigenvalue weighted by molar-refractivity contribution is 6.35. The zero-order valence-corrected chi connectivity index (χ0v) is 23.4. The quantitative estimate of drug-likeness (QED) is 0.292. The molecule has 7 heteroatoms. The summed E-state index contributed by atoms with van der Waals surface area (Å²) in [6.07, 6.45) is 2.92. The van der Waals surface area contributed by atoms with Gasteiger partial charge in [-0.1, -0.05) is 79.5 Å². The van der Waals surface area contributed by atoms with Crippen molar-refractivity contribution in [2.24, 2.45) is 5.92 Å². The third-order valence-corrected chi connectivity index (χ3v) is 7.54. The second-order valence-corrected chi connectivity index (χ2v) is 11.1. The van der Waals surface area contributed by atoms with Crippen LogP contribution in [0, 0.1) is 5.92 Å². The van der Waals surface area contributed by atoms with E-state index < -0.39 is 0 Å². The third kappa shape index (κ3) is 7.83. The molecule has 1 atom stereocenters. The molecule has 0 spiro atoms. The van der Waals surface area contributed by atoms with Gasteiger partial charge in [-0.25, -0.2) is 0 Å². The molecular formula is C31H35Cl2N3O2. The van der Waals surface area contributed by atoms with Crippen molar-refractivity contribution in [3.63, 3.8) is 0 Å². The Hall–Kier alpha value is -2.86. The molecule has 0 aliphatic carbocycles. The molecule has 1 saturated heterocycles. The summed E-state index contributed by atoms with van der Waals surface area (Å²) in [7, 11) is 0. The number of hydrogen-bond acceptors (Lipinski definition) is 3. The molecule has 0 radical (unpaired) electrons. The molecule has 1 aliphatic heterocycles. The highest BCUT2D eigenvalue weighted by Gasteiger charge is 2.23. The van der Waals surface area contributed by atoms with Gasteiger partial charge >= 0.3 is 0 Å². The molecule has 0 aromatic heterocycles. The molecule has 200 valence electrons. The van der Waals surface area contributed by atoms with Gasteiger partial charge in [0.15, 0.2) is 0 Å². The predicted molar refractivity (Wildman–Crippen MR) is 156 cm³/mol. The molecule has 3 aromatic carbocycles. The van der Waals surface area contributed by atoms with Crippen molar-refractivity contribution < 1.29 is 9.59 Å². The Morgan fingerprint density at radius 3 is 2.26 bits per heavy atom. The Bertz CT molecular complexity index is 1220. The van der Waals surface area contributed by atoms with Crippen molar-refractivity contribution in [1.29, 1.82) is 0 Å². The summed E-state index contributed by atoms with van der Waals surface area (Å²) in [6, 6.07) is 23.1. The van der Waals surface area contributed by atoms with Crippen LogP contribution >= 0.6 is 23.2 Å². The zero-order chi connectivity index (χ0) is 27.1. The summed E-state index contributed by atoms with van der Waals surface area (Å²) in [4.78, 5) is 27.6. The molecule has 2 N–H and O–H groups in total. The number of hydrogen-bond donors (Lipinski definition) is 2. The van der Waals surface area contributed by atoms with E-state index in [0.29, 0.717) is 21.5 Å². The molecule has 1 fully saturated rings. The lowest BCUT2D eigenvalue weighted by Gasteiger charge is -2.33. The van der Waals surface area contributed by atoms with Crippen LogP contribution in [0.4, 0.5) is 5.69 Å². The van der Waals surface area contributed by atoms with Gasteiger partial charge in [0.1, 0.15) is 0 Å². The first-order valence-electron chi connectivity index (χ1n) is 13.2. The minimum atomic E-state index is -0.189. The Balaban J connectivity index is 1.35. The fourth-order valence-corrected chi connectivity index (χ4v) is 5.42. The van der Waals surface area contributed by atoms with E-state index in [-0.39, 0.29) is 23.8 Å². The maximum atomic E-state index is 13.0. The summed E-state index contributed by atoms with van der Waals surface area (Å²) in [5.74, 6) is 0.274. The summed E-state index contributed by atoms with van der Waals surface area (Å²) >= 11 is 12.2. The number of anilines is 1. The van der Waals surface area contributed by atoms with E-state index in [1.165, 1.54) is 5.56 Å². The van der Waals surface area contributed by atoms with Gasteiger partial charge in [-0.2, -0.15) is 0 Å². The Morgan fingerprint density at radius 2 is 1.61 bits per heavy atom. The van der Waals surface area contributed by atoms with E-state index in [1.807, 2.05) is 56.3 Å². The van der Waals surface area contributed by atoms with Crippen molar-refractivity contribution >= 4 is 40.7 Å². The van der Waals surface area contributed by atoms with Crippen molar-refractivity contribution in [1.82, 2.24) is 10.2 Å². The van der Waals surface area contributed by atoms with Crippen LogP contribution in [0.1, 0.15) is 66.6 Å². The van der Waals surface area contributed by atoms with Crippen LogP contribution in [0.2, 0.25) is 10.0 Å². The lowest BCUT2D eigenvalue weighted by molar-refractivity contribution is -0.118. The van der Waals surface area contributed by atoms with Gasteiger partial charge in [-0.15, -0.1) is 0 Å². The van der Waals surface area contributed by atoms with Crippen LogP contribution < -0.4 is 10.6 Å². The van der Waals surface area contributed by atoms with Gasteiger partial charge in [0.25, 0.3) is 5.91 Å². The van der Waals surface area contributed by atoms with E-state index >= 15 is 0 Å².